The largest absolute Gasteiger partial charge is 0.434 e. The molecule has 2 aromatic carbocycles. The van der Waals surface area contributed by atoms with Crippen molar-refractivity contribution in [3.8, 4) is 16.9 Å². The van der Waals surface area contributed by atoms with Crippen molar-refractivity contribution in [2.75, 3.05) is 5.32 Å². The number of para-hydroxylation sites is 1. The second kappa shape index (κ2) is 7.89. The number of hydrogen-bond donors (Lipinski definition) is 2. The third-order valence-corrected chi connectivity index (χ3v) is 5.91. The number of carbonyl (C=O) groups excluding carboxylic acids is 1. The van der Waals surface area contributed by atoms with Crippen LogP contribution in [0.1, 0.15) is 21.6 Å². The lowest BCUT2D eigenvalue weighted by Crippen LogP contribution is -2.20. The lowest BCUT2D eigenvalue weighted by Gasteiger charge is -2.12. The highest BCUT2D eigenvalue weighted by Crippen LogP contribution is 2.35. The number of rotatable bonds is 4. The second-order valence-electron chi connectivity index (χ2n) is 7.39. The molecular formula is C23H16F3N5OS. The van der Waals surface area contributed by atoms with Gasteiger partial charge in [-0.1, -0.05) is 35.9 Å². The van der Waals surface area contributed by atoms with Gasteiger partial charge in [-0.2, -0.15) is 18.3 Å². The minimum atomic E-state index is -4.79. The Morgan fingerprint density at radius 2 is 1.88 bits per heavy atom. The number of alkyl halides is 3. The fraction of sp³-hybridized carbons (Fsp3) is 0.0870. The van der Waals surface area contributed by atoms with E-state index in [4.69, 9.17) is 0 Å². The Balaban J connectivity index is 1.46. The Morgan fingerprint density at radius 3 is 2.64 bits per heavy atom. The molecule has 10 heteroatoms. The Bertz CT molecular complexity index is 1460. The van der Waals surface area contributed by atoms with Gasteiger partial charge >= 0.3 is 6.18 Å². The van der Waals surface area contributed by atoms with Gasteiger partial charge in [0.15, 0.2) is 10.8 Å². The molecule has 5 rings (SSSR count). The van der Waals surface area contributed by atoms with E-state index in [0.717, 1.165) is 44.2 Å². The monoisotopic (exact) mass is 467 g/mol. The van der Waals surface area contributed by atoms with Crippen molar-refractivity contribution in [3.63, 3.8) is 0 Å². The number of carbonyl (C=O) groups is 1. The summed E-state index contributed by atoms with van der Waals surface area (Å²) >= 11 is 1.13. The van der Waals surface area contributed by atoms with Crippen LogP contribution in [0.25, 0.3) is 27.8 Å². The Labute approximate surface area is 189 Å². The van der Waals surface area contributed by atoms with Crippen LogP contribution in [-0.4, -0.2) is 25.7 Å². The number of nitrogens with zero attached hydrogens (tertiary/aromatic N) is 3. The van der Waals surface area contributed by atoms with Crippen LogP contribution in [0.5, 0.6) is 0 Å². The molecule has 2 N–H and O–H groups in total. The lowest BCUT2D eigenvalue weighted by molar-refractivity contribution is -0.143. The lowest BCUT2D eigenvalue weighted by atomic mass is 10.1. The van der Waals surface area contributed by atoms with Crippen molar-refractivity contribution >= 4 is 33.3 Å². The van der Waals surface area contributed by atoms with Crippen LogP contribution in [0.15, 0.2) is 66.3 Å². The Kier molecular flexibility index (Phi) is 5.01. The highest BCUT2D eigenvalue weighted by Gasteiger charge is 2.40. The summed E-state index contributed by atoms with van der Waals surface area (Å²) in [6.45, 7) is 1.83. The molecule has 0 unspecified atom stereocenters. The Morgan fingerprint density at radius 1 is 1.12 bits per heavy atom. The summed E-state index contributed by atoms with van der Waals surface area (Å²) in [5.41, 5.74) is 1.77. The van der Waals surface area contributed by atoms with Crippen molar-refractivity contribution in [1.29, 1.82) is 0 Å². The van der Waals surface area contributed by atoms with Gasteiger partial charge < -0.3 is 4.98 Å². The average molecular weight is 467 g/mol. The molecule has 0 aliphatic rings. The highest BCUT2D eigenvalue weighted by molar-refractivity contribution is 7.14. The number of thiazole rings is 1. The molecule has 1 amide bonds. The molecular weight excluding hydrogens is 451 g/mol. The first-order valence-corrected chi connectivity index (χ1v) is 10.7. The number of fused-ring (bicyclic) bond motifs is 1. The number of hydrogen-bond acceptors (Lipinski definition) is 4. The molecule has 3 aromatic heterocycles. The molecule has 166 valence electrons. The highest BCUT2D eigenvalue weighted by atomic mass is 32.1. The van der Waals surface area contributed by atoms with Gasteiger partial charge in [-0.25, -0.2) is 9.67 Å². The van der Waals surface area contributed by atoms with Crippen molar-refractivity contribution < 1.29 is 18.0 Å². The van der Waals surface area contributed by atoms with Crippen molar-refractivity contribution in [2.24, 2.45) is 0 Å². The van der Waals surface area contributed by atoms with E-state index in [1.165, 1.54) is 12.1 Å². The van der Waals surface area contributed by atoms with Crippen LogP contribution in [0, 0.1) is 6.92 Å². The third kappa shape index (κ3) is 3.89. The smallest absolute Gasteiger partial charge is 0.360 e. The SMILES string of the molecule is Cc1ccc(-n2ncc(C(=O)Nc3nc(-c4c[nH]c5ccccc45)cs3)c2C(F)(F)F)cc1. The molecule has 6 nitrogen and oxygen atoms in total. The van der Waals surface area contributed by atoms with Crippen LogP contribution >= 0.6 is 11.3 Å². The first kappa shape index (κ1) is 21.0. The third-order valence-electron chi connectivity index (χ3n) is 5.15. The number of H-pyrrole nitrogens is 1. The predicted octanol–water partition coefficient (Wildman–Crippen LogP) is 6.06. The normalized spacial score (nSPS) is 11.8. The van der Waals surface area contributed by atoms with Crippen LogP contribution in [-0.2, 0) is 6.18 Å². The molecule has 0 aliphatic carbocycles. The molecule has 3 heterocycles. The van der Waals surface area contributed by atoms with E-state index >= 15 is 0 Å². The summed E-state index contributed by atoms with van der Waals surface area (Å²) in [7, 11) is 0. The summed E-state index contributed by atoms with van der Waals surface area (Å²) in [5, 5.41) is 9.21. The van der Waals surface area contributed by atoms with E-state index in [9.17, 15) is 18.0 Å². The van der Waals surface area contributed by atoms with Gasteiger partial charge in [-0.15, -0.1) is 11.3 Å². The Hall–Kier alpha value is -3.92. The zero-order chi connectivity index (χ0) is 23.2. The number of nitrogens with one attached hydrogen (secondary N) is 2. The first-order chi connectivity index (χ1) is 15.8. The molecule has 0 atom stereocenters. The predicted molar refractivity (Wildman–Crippen MR) is 121 cm³/mol. The molecule has 0 saturated carbocycles. The van der Waals surface area contributed by atoms with Gasteiger partial charge in [0.2, 0.25) is 0 Å². The van der Waals surface area contributed by atoms with Gasteiger partial charge in [0.25, 0.3) is 5.91 Å². The summed E-state index contributed by atoms with van der Waals surface area (Å²) in [5.74, 6) is -0.930. The minimum absolute atomic E-state index is 0.191. The van der Waals surface area contributed by atoms with E-state index in [-0.39, 0.29) is 10.8 Å². The molecule has 0 spiro atoms. The molecule has 33 heavy (non-hydrogen) atoms. The number of halogens is 3. The van der Waals surface area contributed by atoms with Gasteiger partial charge in [0, 0.05) is 28.0 Å². The van der Waals surface area contributed by atoms with Gasteiger partial charge in [-0.3, -0.25) is 10.1 Å². The second-order valence-corrected chi connectivity index (χ2v) is 8.25. The number of aromatic amines is 1. The minimum Gasteiger partial charge on any atom is -0.360 e. The topological polar surface area (TPSA) is 75.6 Å². The van der Waals surface area contributed by atoms with E-state index in [1.54, 1.807) is 23.7 Å². The number of benzene rings is 2. The fourth-order valence-electron chi connectivity index (χ4n) is 3.57. The van der Waals surface area contributed by atoms with Crippen LogP contribution in [0.3, 0.4) is 0 Å². The van der Waals surface area contributed by atoms with Crippen molar-refractivity contribution in [3.05, 3.63) is 83.1 Å². The summed E-state index contributed by atoms with van der Waals surface area (Å²) < 4.78 is 42.4. The molecule has 0 bridgehead atoms. The maximum absolute atomic E-state index is 13.9. The summed E-state index contributed by atoms with van der Waals surface area (Å²) in [6.07, 6.45) is -2.06. The van der Waals surface area contributed by atoms with E-state index in [2.05, 4.69) is 20.4 Å². The zero-order valence-electron chi connectivity index (χ0n) is 17.1. The number of anilines is 1. The maximum atomic E-state index is 13.9. The standard InChI is InChI=1S/C23H16F3N5OS/c1-13-6-8-14(9-7-13)31-20(23(24,25)26)17(11-28-31)21(32)30-22-29-19(12-33-22)16-10-27-18-5-3-2-4-15(16)18/h2-12,27H,1H3,(H,29,30,32). The van der Waals surface area contributed by atoms with Gasteiger partial charge in [0.1, 0.15) is 0 Å². The number of aryl methyl sites for hydroxylation is 1. The number of aromatic nitrogens is 4. The van der Waals surface area contributed by atoms with Gasteiger partial charge in [-0.05, 0) is 25.1 Å². The van der Waals surface area contributed by atoms with E-state index in [0.29, 0.717) is 5.69 Å². The van der Waals surface area contributed by atoms with Crippen molar-refractivity contribution in [1.82, 2.24) is 19.7 Å². The average Bonchev–Trinajstić information content (AvgIpc) is 3.51. The van der Waals surface area contributed by atoms with E-state index in [1.807, 2.05) is 31.2 Å². The van der Waals surface area contributed by atoms with Crippen LogP contribution in [0.2, 0.25) is 0 Å². The molecule has 5 aromatic rings. The number of amides is 1. The quantitative estimate of drug-likeness (QED) is 0.338. The van der Waals surface area contributed by atoms with Gasteiger partial charge in [0.05, 0.1) is 23.1 Å². The van der Waals surface area contributed by atoms with Crippen LogP contribution in [0.4, 0.5) is 18.3 Å². The van der Waals surface area contributed by atoms with Crippen LogP contribution < -0.4 is 5.32 Å². The fourth-order valence-corrected chi connectivity index (χ4v) is 4.28. The molecule has 0 saturated heterocycles. The summed E-state index contributed by atoms with van der Waals surface area (Å²) in [6, 6.07) is 14.1. The molecule has 0 aliphatic heterocycles. The maximum Gasteiger partial charge on any atom is 0.434 e. The van der Waals surface area contributed by atoms with Crippen molar-refractivity contribution in [2.45, 2.75) is 13.1 Å². The molecule has 0 fully saturated rings. The first-order valence-electron chi connectivity index (χ1n) is 9.87. The summed E-state index contributed by atoms with van der Waals surface area (Å²) in [4.78, 5) is 20.3. The molecule has 0 radical (unpaired) electrons. The van der Waals surface area contributed by atoms with E-state index < -0.39 is 23.3 Å². The zero-order valence-corrected chi connectivity index (χ0v) is 18.0.